The van der Waals surface area contributed by atoms with Gasteiger partial charge in [-0.15, -0.1) is 11.3 Å². The number of hydrogen-bond donors (Lipinski definition) is 0. The average molecular weight is 369 g/mol. The maximum Gasteiger partial charge on any atom is 0.335 e. The van der Waals surface area contributed by atoms with Crippen LogP contribution in [-0.4, -0.2) is 32.4 Å². The van der Waals surface area contributed by atoms with Gasteiger partial charge in [0.25, 0.3) is 17.4 Å². The Morgan fingerprint density at radius 2 is 1.77 bits per heavy atom. The van der Waals surface area contributed by atoms with Gasteiger partial charge < -0.3 is 4.84 Å². The Balaban J connectivity index is 1.45. The molecule has 0 radical (unpaired) electrons. The Morgan fingerprint density at radius 3 is 2.46 bits per heavy atom. The van der Waals surface area contributed by atoms with E-state index in [9.17, 15) is 19.2 Å². The van der Waals surface area contributed by atoms with Crippen molar-refractivity contribution in [1.82, 2.24) is 14.6 Å². The number of aryl methyl sites for hydroxylation is 1. The molecule has 0 aliphatic carbocycles. The molecule has 1 aliphatic heterocycles. The number of nitrogens with zero attached hydrogens (tertiary/aromatic N) is 3. The zero-order chi connectivity index (χ0) is 18.3. The Labute approximate surface area is 150 Å². The summed E-state index contributed by atoms with van der Waals surface area (Å²) in [5.74, 6) is -2.16. The van der Waals surface area contributed by atoms with Gasteiger partial charge in [0.15, 0.2) is 0 Å². The average Bonchev–Trinajstić information content (AvgIpc) is 3.22. The minimum absolute atomic E-state index is 0.0274. The van der Waals surface area contributed by atoms with Gasteiger partial charge >= 0.3 is 5.97 Å². The van der Waals surface area contributed by atoms with Crippen LogP contribution >= 0.6 is 11.3 Å². The lowest BCUT2D eigenvalue weighted by Gasteiger charge is -2.13. The molecule has 2 amide bonds. The summed E-state index contributed by atoms with van der Waals surface area (Å²) in [5, 5.41) is 2.70. The molecular formula is C17H11N3O5S. The van der Waals surface area contributed by atoms with E-state index in [0.717, 1.165) is 0 Å². The molecule has 2 aromatic heterocycles. The van der Waals surface area contributed by atoms with E-state index >= 15 is 0 Å². The molecule has 0 saturated carbocycles. The molecule has 0 N–H and O–H groups in total. The normalized spacial score (nSPS) is 13.3. The highest BCUT2D eigenvalue weighted by Crippen LogP contribution is 2.22. The van der Waals surface area contributed by atoms with Crippen LogP contribution in [0.1, 0.15) is 27.1 Å². The van der Waals surface area contributed by atoms with Gasteiger partial charge in [-0.2, -0.15) is 0 Å². The third-order valence-corrected chi connectivity index (χ3v) is 4.78. The number of aromatic nitrogens is 2. The van der Waals surface area contributed by atoms with Crippen molar-refractivity contribution in [3.05, 3.63) is 63.5 Å². The van der Waals surface area contributed by atoms with Gasteiger partial charge in [-0.3, -0.25) is 19.0 Å². The summed E-state index contributed by atoms with van der Waals surface area (Å²) in [6.45, 7) is 0.0274. The van der Waals surface area contributed by atoms with E-state index < -0.39 is 17.8 Å². The highest BCUT2D eigenvalue weighted by atomic mass is 32.1. The van der Waals surface area contributed by atoms with Crippen molar-refractivity contribution in [3.63, 3.8) is 0 Å². The lowest BCUT2D eigenvalue weighted by molar-refractivity contribution is -0.168. The van der Waals surface area contributed by atoms with Gasteiger partial charge in [0, 0.05) is 6.54 Å². The second kappa shape index (κ2) is 6.19. The number of imide groups is 1. The number of thiophene rings is 1. The fraction of sp³-hybridized carbons (Fsp3) is 0.118. The fourth-order valence-electron chi connectivity index (χ4n) is 2.66. The monoisotopic (exact) mass is 369 g/mol. The summed E-state index contributed by atoms with van der Waals surface area (Å²) in [4.78, 5) is 58.3. The first-order valence-corrected chi connectivity index (χ1v) is 8.55. The van der Waals surface area contributed by atoms with E-state index in [1.54, 1.807) is 23.6 Å². The van der Waals surface area contributed by atoms with Gasteiger partial charge in [-0.05, 0) is 23.6 Å². The van der Waals surface area contributed by atoms with Crippen LogP contribution in [0.25, 0.3) is 10.2 Å². The van der Waals surface area contributed by atoms with Crippen molar-refractivity contribution in [2.45, 2.75) is 13.0 Å². The predicted octanol–water partition coefficient (Wildman–Crippen LogP) is 1.60. The van der Waals surface area contributed by atoms with Gasteiger partial charge in [-0.1, -0.05) is 17.2 Å². The molecule has 0 saturated heterocycles. The first-order valence-electron chi connectivity index (χ1n) is 7.67. The van der Waals surface area contributed by atoms with Crippen LogP contribution in [0.15, 0.2) is 46.8 Å². The Bertz CT molecular complexity index is 1080. The topological polar surface area (TPSA) is 98.6 Å². The molecule has 4 rings (SSSR count). The Kier molecular flexibility index (Phi) is 3.85. The maximum atomic E-state index is 12.3. The SMILES string of the molecule is O=C(CCn1cnc2sccc2c1=O)ON1C(=O)c2ccccc2C1=O. The number of amides is 2. The largest absolute Gasteiger partial charge is 0.335 e. The van der Waals surface area contributed by atoms with E-state index in [1.807, 2.05) is 0 Å². The second-order valence-corrected chi connectivity index (χ2v) is 6.44. The van der Waals surface area contributed by atoms with Crippen LogP contribution in [0.2, 0.25) is 0 Å². The third kappa shape index (κ3) is 2.58. The zero-order valence-electron chi connectivity index (χ0n) is 13.2. The van der Waals surface area contributed by atoms with E-state index in [0.29, 0.717) is 15.3 Å². The van der Waals surface area contributed by atoms with E-state index in [4.69, 9.17) is 4.84 Å². The minimum Gasteiger partial charge on any atom is -0.330 e. The molecule has 3 aromatic rings. The van der Waals surface area contributed by atoms with Crippen molar-refractivity contribution in [2.75, 3.05) is 0 Å². The van der Waals surface area contributed by atoms with Gasteiger partial charge in [0.05, 0.1) is 29.3 Å². The van der Waals surface area contributed by atoms with Gasteiger partial charge in [-0.25, -0.2) is 9.78 Å². The van der Waals surface area contributed by atoms with Crippen LogP contribution in [0.3, 0.4) is 0 Å². The summed E-state index contributed by atoms with van der Waals surface area (Å²) in [7, 11) is 0. The molecule has 26 heavy (non-hydrogen) atoms. The second-order valence-electron chi connectivity index (χ2n) is 5.55. The number of rotatable bonds is 4. The fourth-order valence-corrected chi connectivity index (χ4v) is 3.39. The molecule has 0 bridgehead atoms. The van der Waals surface area contributed by atoms with Gasteiger partial charge in [0.1, 0.15) is 4.83 Å². The first kappa shape index (κ1) is 16.2. The summed E-state index contributed by atoms with van der Waals surface area (Å²) >= 11 is 1.35. The lowest BCUT2D eigenvalue weighted by Crippen LogP contribution is -2.33. The molecule has 1 aliphatic rings. The van der Waals surface area contributed by atoms with Gasteiger partial charge in [0.2, 0.25) is 0 Å². The summed E-state index contributed by atoms with van der Waals surface area (Å²) < 4.78 is 1.29. The molecule has 8 nitrogen and oxygen atoms in total. The van der Waals surface area contributed by atoms with Crippen molar-refractivity contribution < 1.29 is 19.2 Å². The minimum atomic E-state index is -0.795. The molecular weight excluding hydrogens is 358 g/mol. The molecule has 130 valence electrons. The lowest BCUT2D eigenvalue weighted by atomic mass is 10.1. The van der Waals surface area contributed by atoms with E-state index in [1.165, 1.54) is 34.4 Å². The summed E-state index contributed by atoms with van der Waals surface area (Å²) in [6, 6.07) is 7.89. The van der Waals surface area contributed by atoms with Crippen LogP contribution in [0.5, 0.6) is 0 Å². The van der Waals surface area contributed by atoms with Crippen molar-refractivity contribution >= 4 is 39.3 Å². The van der Waals surface area contributed by atoms with Crippen molar-refractivity contribution in [1.29, 1.82) is 0 Å². The van der Waals surface area contributed by atoms with Crippen molar-refractivity contribution in [2.24, 2.45) is 0 Å². The highest BCUT2D eigenvalue weighted by Gasteiger charge is 2.38. The van der Waals surface area contributed by atoms with Crippen molar-refractivity contribution in [3.8, 4) is 0 Å². The summed E-state index contributed by atoms with van der Waals surface area (Å²) in [6.07, 6.45) is 1.17. The molecule has 0 unspecified atom stereocenters. The molecule has 9 heteroatoms. The number of carbonyl (C=O) groups is 3. The number of fused-ring (bicyclic) bond motifs is 2. The smallest absolute Gasteiger partial charge is 0.330 e. The number of hydroxylamine groups is 2. The number of carbonyl (C=O) groups excluding carboxylic acids is 3. The molecule has 1 aromatic carbocycles. The Hall–Kier alpha value is -3.33. The molecule has 3 heterocycles. The number of hydrogen-bond acceptors (Lipinski definition) is 7. The molecule has 0 atom stereocenters. The molecule has 0 fully saturated rings. The highest BCUT2D eigenvalue weighted by molar-refractivity contribution is 7.16. The van der Waals surface area contributed by atoms with Crippen LogP contribution < -0.4 is 5.56 Å². The number of benzene rings is 1. The quantitative estimate of drug-likeness (QED) is 0.648. The third-order valence-electron chi connectivity index (χ3n) is 3.96. The first-order chi connectivity index (χ1) is 12.6. The summed E-state index contributed by atoms with van der Waals surface area (Å²) in [5.41, 5.74) is 0.118. The predicted molar refractivity (Wildman–Crippen MR) is 91.5 cm³/mol. The standard InChI is InChI=1S/C17H11N3O5S/c21-13(5-7-19-9-18-14-12(15(19)22)6-8-26-14)25-20-16(23)10-3-1-2-4-11(10)17(20)24/h1-4,6,8-9H,5,7H2. The van der Waals surface area contributed by atoms with E-state index in [2.05, 4.69) is 4.98 Å². The zero-order valence-corrected chi connectivity index (χ0v) is 14.1. The van der Waals surface area contributed by atoms with Crippen LogP contribution in [0, 0.1) is 0 Å². The Morgan fingerprint density at radius 1 is 1.08 bits per heavy atom. The maximum absolute atomic E-state index is 12.3. The van der Waals surface area contributed by atoms with E-state index in [-0.39, 0.29) is 29.7 Å². The molecule has 0 spiro atoms. The van der Waals surface area contributed by atoms with Crippen LogP contribution in [-0.2, 0) is 16.2 Å². The van der Waals surface area contributed by atoms with Crippen LogP contribution in [0.4, 0.5) is 0 Å².